The third-order valence-corrected chi connectivity index (χ3v) is 2.59. The van der Waals surface area contributed by atoms with Crippen molar-refractivity contribution in [3.05, 3.63) is 34.9 Å². The predicted octanol–water partition coefficient (Wildman–Crippen LogP) is 3.79. The average molecular weight is 264 g/mol. The van der Waals surface area contributed by atoms with Gasteiger partial charge in [0.2, 0.25) is 0 Å². The van der Waals surface area contributed by atoms with Gasteiger partial charge in [-0.15, -0.1) is 0 Å². The molecule has 1 aliphatic heterocycles. The van der Waals surface area contributed by atoms with E-state index in [0.717, 1.165) is 0 Å². The summed E-state index contributed by atoms with van der Waals surface area (Å²) in [6.07, 6.45) is -5.99. The number of halogens is 4. The summed E-state index contributed by atoms with van der Waals surface area (Å²) in [5.74, 6) is 0. The molecule has 1 aromatic carbocycles. The zero-order chi connectivity index (χ0) is 12.5. The lowest BCUT2D eigenvalue weighted by Crippen LogP contribution is -2.19. The molecule has 6 heteroatoms. The molecule has 0 spiro atoms. The quantitative estimate of drug-likeness (QED) is 0.796. The fraction of sp³-hybridized carbons (Fsp3) is 0.364. The van der Waals surface area contributed by atoms with Gasteiger partial charge in [-0.25, -0.2) is 0 Å². The van der Waals surface area contributed by atoms with E-state index in [1.807, 2.05) is 0 Å². The summed E-state index contributed by atoms with van der Waals surface area (Å²) in [6, 6.07) is 6.80. The van der Waals surface area contributed by atoms with Crippen molar-refractivity contribution in [3.8, 4) is 0 Å². The summed E-state index contributed by atoms with van der Waals surface area (Å²) >= 11 is 5.79. The molecule has 1 aliphatic rings. The molecule has 0 aliphatic carbocycles. The van der Waals surface area contributed by atoms with E-state index >= 15 is 0 Å². The molecule has 0 bridgehead atoms. The van der Waals surface area contributed by atoms with Crippen LogP contribution in [0.4, 0.5) is 13.2 Å². The lowest BCUT2D eigenvalue weighted by atomic mass is 10.0. The Balaban J connectivity index is 2.03. The molecule has 0 N–H and O–H groups in total. The van der Waals surface area contributed by atoms with Crippen LogP contribution in [0.15, 0.2) is 29.4 Å². The lowest BCUT2D eigenvalue weighted by Gasteiger charge is -2.10. The predicted molar refractivity (Wildman–Crippen MR) is 58.2 cm³/mol. The first kappa shape index (κ1) is 12.2. The SMILES string of the molecule is FC(F)(F)CC1CC(c2cccc(Cl)c2)=NO1. The highest BCUT2D eigenvalue weighted by molar-refractivity contribution is 6.31. The number of benzene rings is 1. The summed E-state index contributed by atoms with van der Waals surface area (Å²) in [4.78, 5) is 4.76. The summed E-state index contributed by atoms with van der Waals surface area (Å²) in [6.45, 7) is 0. The number of rotatable bonds is 2. The van der Waals surface area contributed by atoms with Crippen LogP contribution in [0.2, 0.25) is 5.02 Å². The van der Waals surface area contributed by atoms with Crippen molar-refractivity contribution >= 4 is 17.3 Å². The maximum absolute atomic E-state index is 12.1. The van der Waals surface area contributed by atoms with Gasteiger partial charge in [0.05, 0.1) is 12.1 Å². The Kier molecular flexibility index (Phi) is 3.28. The third kappa shape index (κ3) is 3.36. The first-order chi connectivity index (χ1) is 7.94. The van der Waals surface area contributed by atoms with Gasteiger partial charge in [-0.3, -0.25) is 0 Å². The Labute approximate surface area is 101 Å². The molecule has 0 fully saturated rings. The number of oxime groups is 1. The van der Waals surface area contributed by atoms with Crippen LogP contribution in [-0.2, 0) is 4.84 Å². The van der Waals surface area contributed by atoms with E-state index in [2.05, 4.69) is 5.16 Å². The van der Waals surface area contributed by atoms with Gasteiger partial charge in [0.1, 0.15) is 6.10 Å². The van der Waals surface area contributed by atoms with Crippen LogP contribution in [0.5, 0.6) is 0 Å². The van der Waals surface area contributed by atoms with Crippen molar-refractivity contribution in [1.82, 2.24) is 0 Å². The summed E-state index contributed by atoms with van der Waals surface area (Å²) < 4.78 is 36.4. The Morgan fingerprint density at radius 1 is 1.41 bits per heavy atom. The second kappa shape index (κ2) is 4.56. The van der Waals surface area contributed by atoms with E-state index in [0.29, 0.717) is 16.3 Å². The number of alkyl halides is 3. The molecule has 0 radical (unpaired) electrons. The molecule has 1 heterocycles. The fourth-order valence-corrected chi connectivity index (χ4v) is 1.82. The van der Waals surface area contributed by atoms with Crippen molar-refractivity contribution in [3.63, 3.8) is 0 Å². The first-order valence-corrected chi connectivity index (χ1v) is 5.37. The van der Waals surface area contributed by atoms with Gasteiger partial charge in [-0.05, 0) is 12.1 Å². The molecule has 92 valence electrons. The third-order valence-electron chi connectivity index (χ3n) is 2.35. The van der Waals surface area contributed by atoms with Gasteiger partial charge >= 0.3 is 6.18 Å². The minimum Gasteiger partial charge on any atom is -0.391 e. The molecule has 0 saturated heterocycles. The molecule has 17 heavy (non-hydrogen) atoms. The van der Waals surface area contributed by atoms with Crippen molar-refractivity contribution in [1.29, 1.82) is 0 Å². The van der Waals surface area contributed by atoms with Crippen molar-refractivity contribution in [2.24, 2.45) is 5.16 Å². The fourth-order valence-electron chi connectivity index (χ4n) is 1.63. The molecule has 2 rings (SSSR count). The van der Waals surface area contributed by atoms with Crippen LogP contribution >= 0.6 is 11.6 Å². The number of hydrogen-bond acceptors (Lipinski definition) is 2. The van der Waals surface area contributed by atoms with E-state index in [4.69, 9.17) is 16.4 Å². The minimum absolute atomic E-state index is 0.153. The Morgan fingerprint density at radius 2 is 2.18 bits per heavy atom. The van der Waals surface area contributed by atoms with Gasteiger partial charge in [0.15, 0.2) is 0 Å². The smallest absolute Gasteiger partial charge is 0.391 e. The second-order valence-electron chi connectivity index (χ2n) is 3.80. The van der Waals surface area contributed by atoms with E-state index in [1.165, 1.54) is 0 Å². The summed E-state index contributed by atoms with van der Waals surface area (Å²) in [7, 11) is 0. The Bertz CT molecular complexity index is 445. The Hall–Kier alpha value is -1.23. The highest BCUT2D eigenvalue weighted by atomic mass is 35.5. The van der Waals surface area contributed by atoms with Gasteiger partial charge in [0, 0.05) is 17.0 Å². The van der Waals surface area contributed by atoms with Gasteiger partial charge < -0.3 is 4.84 Å². The molecule has 0 saturated carbocycles. The number of nitrogens with zero attached hydrogens (tertiary/aromatic N) is 1. The second-order valence-corrected chi connectivity index (χ2v) is 4.24. The summed E-state index contributed by atoms with van der Waals surface area (Å²) in [5.41, 5.74) is 1.20. The Morgan fingerprint density at radius 3 is 2.82 bits per heavy atom. The zero-order valence-corrected chi connectivity index (χ0v) is 9.42. The van der Waals surface area contributed by atoms with Crippen LogP contribution in [-0.4, -0.2) is 18.0 Å². The molecule has 0 amide bonds. The minimum atomic E-state index is -4.23. The molecular formula is C11H9ClF3NO. The molecule has 0 aromatic heterocycles. The molecule has 1 unspecified atom stereocenters. The maximum Gasteiger partial charge on any atom is 0.392 e. The molecule has 2 nitrogen and oxygen atoms in total. The highest BCUT2D eigenvalue weighted by Crippen LogP contribution is 2.28. The molecule has 1 atom stereocenters. The first-order valence-electron chi connectivity index (χ1n) is 4.99. The standard InChI is InChI=1S/C11H9ClF3NO/c12-8-3-1-2-7(4-8)10-5-9(17-16-10)6-11(13,14)15/h1-4,9H,5-6H2. The largest absolute Gasteiger partial charge is 0.392 e. The van der Waals surface area contributed by atoms with Crippen molar-refractivity contribution < 1.29 is 18.0 Å². The van der Waals surface area contributed by atoms with Crippen LogP contribution in [0.3, 0.4) is 0 Å². The zero-order valence-electron chi connectivity index (χ0n) is 8.67. The van der Waals surface area contributed by atoms with Crippen LogP contribution < -0.4 is 0 Å². The summed E-state index contributed by atoms with van der Waals surface area (Å²) in [5, 5.41) is 4.19. The normalized spacial score (nSPS) is 20.0. The van der Waals surface area contributed by atoms with Gasteiger partial charge in [0.25, 0.3) is 0 Å². The highest BCUT2D eigenvalue weighted by Gasteiger charge is 2.36. The van der Waals surface area contributed by atoms with Gasteiger partial charge in [-0.1, -0.05) is 28.9 Å². The maximum atomic E-state index is 12.1. The van der Waals surface area contributed by atoms with Crippen molar-refractivity contribution in [2.45, 2.75) is 25.1 Å². The average Bonchev–Trinajstić information content (AvgIpc) is 2.63. The van der Waals surface area contributed by atoms with Crippen LogP contribution in [0, 0.1) is 0 Å². The monoisotopic (exact) mass is 263 g/mol. The van der Waals surface area contributed by atoms with E-state index in [-0.39, 0.29) is 6.42 Å². The molecule has 1 aromatic rings. The van der Waals surface area contributed by atoms with Crippen molar-refractivity contribution in [2.75, 3.05) is 0 Å². The topological polar surface area (TPSA) is 21.6 Å². The lowest BCUT2D eigenvalue weighted by molar-refractivity contribution is -0.157. The molecular weight excluding hydrogens is 255 g/mol. The van der Waals surface area contributed by atoms with Gasteiger partial charge in [-0.2, -0.15) is 13.2 Å². The number of hydrogen-bond donors (Lipinski definition) is 0. The van der Waals surface area contributed by atoms with E-state index in [9.17, 15) is 13.2 Å². The van der Waals surface area contributed by atoms with E-state index in [1.54, 1.807) is 24.3 Å². The van der Waals surface area contributed by atoms with Crippen LogP contribution in [0.1, 0.15) is 18.4 Å². The van der Waals surface area contributed by atoms with Crippen LogP contribution in [0.25, 0.3) is 0 Å². The van der Waals surface area contributed by atoms with E-state index < -0.39 is 18.7 Å².